The van der Waals surface area contributed by atoms with E-state index in [2.05, 4.69) is 27.7 Å². The van der Waals surface area contributed by atoms with Crippen molar-refractivity contribution in [3.05, 3.63) is 0 Å². The Morgan fingerprint density at radius 1 is 1.28 bits per heavy atom. The van der Waals surface area contributed by atoms with Crippen LogP contribution in [0.15, 0.2) is 0 Å². The number of rotatable bonds is 5. The maximum Gasteiger partial charge on any atom is 0.508 e. The Hall–Kier alpha value is -0.730. The molecule has 0 aromatic heterocycles. The minimum atomic E-state index is -0.485. The summed E-state index contributed by atoms with van der Waals surface area (Å²) in [4.78, 5) is 11.5. The molecule has 3 heteroatoms. The van der Waals surface area contributed by atoms with Gasteiger partial charge in [-0.1, -0.05) is 40.5 Å². The highest BCUT2D eigenvalue weighted by Crippen LogP contribution is 2.39. The Kier molecular flexibility index (Phi) is 5.97. The van der Waals surface area contributed by atoms with Crippen LogP contribution in [0.3, 0.4) is 0 Å². The fourth-order valence-corrected chi connectivity index (χ4v) is 3.03. The third-order valence-electron chi connectivity index (χ3n) is 3.58. The lowest BCUT2D eigenvalue weighted by molar-refractivity contribution is -0.0207. The third-order valence-corrected chi connectivity index (χ3v) is 3.58. The van der Waals surface area contributed by atoms with E-state index in [1.54, 1.807) is 0 Å². The summed E-state index contributed by atoms with van der Waals surface area (Å²) in [5.74, 6) is 0.617. The zero-order valence-electron chi connectivity index (χ0n) is 12.3. The maximum absolute atomic E-state index is 11.5. The lowest BCUT2D eigenvalue weighted by Gasteiger charge is -2.38. The van der Waals surface area contributed by atoms with Crippen molar-refractivity contribution in [3.63, 3.8) is 0 Å². The summed E-state index contributed by atoms with van der Waals surface area (Å²) in [7, 11) is 0. The number of unbranched alkanes of at least 4 members (excludes halogenated alkanes) is 2. The minimum absolute atomic E-state index is 0.0300. The van der Waals surface area contributed by atoms with E-state index in [4.69, 9.17) is 9.47 Å². The number of carbonyl (C=O) groups is 1. The van der Waals surface area contributed by atoms with E-state index < -0.39 is 6.16 Å². The van der Waals surface area contributed by atoms with Crippen LogP contribution in [0.1, 0.15) is 66.2 Å². The first-order valence-electron chi connectivity index (χ1n) is 7.26. The summed E-state index contributed by atoms with van der Waals surface area (Å²) < 4.78 is 10.5. The third kappa shape index (κ3) is 5.74. The second-order valence-electron chi connectivity index (χ2n) is 6.46. The molecule has 0 unspecified atom stereocenters. The molecular formula is C15H28O3. The molecule has 1 saturated carbocycles. The van der Waals surface area contributed by atoms with Gasteiger partial charge in [0.25, 0.3) is 0 Å². The number of hydrogen-bond acceptors (Lipinski definition) is 3. The highest BCUT2D eigenvalue weighted by Gasteiger charge is 2.34. The van der Waals surface area contributed by atoms with Gasteiger partial charge in [-0.15, -0.1) is 0 Å². The van der Waals surface area contributed by atoms with Crippen molar-refractivity contribution in [1.29, 1.82) is 0 Å². The SMILES string of the molecule is CCCCCOC(=O)O[C@H]1C[C@H](C)CC(C)(C)C1. The van der Waals surface area contributed by atoms with Crippen LogP contribution in [0.25, 0.3) is 0 Å². The summed E-state index contributed by atoms with van der Waals surface area (Å²) in [5, 5.41) is 0. The Morgan fingerprint density at radius 3 is 2.61 bits per heavy atom. The second kappa shape index (κ2) is 7.01. The molecule has 0 bridgehead atoms. The molecule has 0 amide bonds. The molecule has 1 rings (SSSR count). The Balaban J connectivity index is 2.26. The van der Waals surface area contributed by atoms with Crippen molar-refractivity contribution in [3.8, 4) is 0 Å². The summed E-state index contributed by atoms with van der Waals surface area (Å²) >= 11 is 0. The molecule has 0 aromatic rings. The van der Waals surface area contributed by atoms with E-state index in [9.17, 15) is 4.79 Å². The summed E-state index contributed by atoms with van der Waals surface area (Å²) in [6, 6.07) is 0. The fraction of sp³-hybridized carbons (Fsp3) is 0.933. The monoisotopic (exact) mass is 256 g/mol. The van der Waals surface area contributed by atoms with E-state index in [0.29, 0.717) is 12.5 Å². The molecule has 18 heavy (non-hydrogen) atoms. The van der Waals surface area contributed by atoms with Gasteiger partial charge in [-0.2, -0.15) is 0 Å². The number of ether oxygens (including phenoxy) is 2. The molecule has 0 aliphatic heterocycles. The van der Waals surface area contributed by atoms with Crippen molar-refractivity contribution < 1.29 is 14.3 Å². The van der Waals surface area contributed by atoms with Crippen molar-refractivity contribution >= 4 is 6.16 Å². The van der Waals surface area contributed by atoms with Gasteiger partial charge in [0, 0.05) is 0 Å². The summed E-state index contributed by atoms with van der Waals surface area (Å²) in [5.41, 5.74) is 0.269. The zero-order valence-corrected chi connectivity index (χ0v) is 12.3. The topological polar surface area (TPSA) is 35.5 Å². The van der Waals surface area contributed by atoms with E-state index >= 15 is 0 Å². The normalized spacial score (nSPS) is 26.7. The number of hydrogen-bond donors (Lipinski definition) is 0. The van der Waals surface area contributed by atoms with Crippen LogP contribution in [0, 0.1) is 11.3 Å². The van der Waals surface area contributed by atoms with Gasteiger partial charge >= 0.3 is 6.16 Å². The van der Waals surface area contributed by atoms with Crippen LogP contribution < -0.4 is 0 Å². The Labute approximate surface area is 111 Å². The van der Waals surface area contributed by atoms with Crippen molar-refractivity contribution in [2.45, 2.75) is 72.3 Å². The van der Waals surface area contributed by atoms with Gasteiger partial charge in [-0.25, -0.2) is 4.79 Å². The molecule has 0 aromatic carbocycles. The molecule has 0 spiro atoms. The maximum atomic E-state index is 11.5. The van der Waals surface area contributed by atoms with Crippen LogP contribution in [-0.4, -0.2) is 18.9 Å². The van der Waals surface area contributed by atoms with E-state index in [0.717, 1.165) is 32.1 Å². The molecule has 1 aliphatic carbocycles. The van der Waals surface area contributed by atoms with Gasteiger partial charge in [0.1, 0.15) is 6.10 Å². The molecule has 2 atom stereocenters. The highest BCUT2D eigenvalue weighted by molar-refractivity contribution is 5.60. The van der Waals surface area contributed by atoms with Crippen LogP contribution in [0.2, 0.25) is 0 Å². The first kappa shape index (κ1) is 15.3. The van der Waals surface area contributed by atoms with Gasteiger partial charge in [-0.05, 0) is 37.0 Å². The van der Waals surface area contributed by atoms with E-state index in [-0.39, 0.29) is 11.5 Å². The molecule has 0 heterocycles. The quantitative estimate of drug-likeness (QED) is 0.535. The molecule has 1 fully saturated rings. The fourth-order valence-electron chi connectivity index (χ4n) is 3.03. The second-order valence-corrected chi connectivity index (χ2v) is 6.46. The molecule has 0 radical (unpaired) electrons. The molecule has 0 N–H and O–H groups in total. The van der Waals surface area contributed by atoms with Gasteiger partial charge < -0.3 is 9.47 Å². The average molecular weight is 256 g/mol. The van der Waals surface area contributed by atoms with E-state index in [1.807, 2.05) is 0 Å². The zero-order chi connectivity index (χ0) is 13.6. The predicted octanol–water partition coefficient (Wildman–Crippen LogP) is 4.54. The summed E-state index contributed by atoms with van der Waals surface area (Å²) in [6.45, 7) is 9.32. The number of carbonyl (C=O) groups excluding carboxylic acids is 1. The van der Waals surface area contributed by atoms with Crippen LogP contribution >= 0.6 is 0 Å². The average Bonchev–Trinajstić information content (AvgIpc) is 2.21. The van der Waals surface area contributed by atoms with Crippen LogP contribution in [0.4, 0.5) is 4.79 Å². The molecule has 106 valence electrons. The lowest BCUT2D eigenvalue weighted by Crippen LogP contribution is -2.34. The van der Waals surface area contributed by atoms with Crippen molar-refractivity contribution in [1.82, 2.24) is 0 Å². The van der Waals surface area contributed by atoms with Crippen LogP contribution in [0.5, 0.6) is 0 Å². The highest BCUT2D eigenvalue weighted by atomic mass is 16.7. The van der Waals surface area contributed by atoms with E-state index in [1.165, 1.54) is 6.42 Å². The van der Waals surface area contributed by atoms with Gasteiger partial charge in [0.2, 0.25) is 0 Å². The molecule has 0 saturated heterocycles. The first-order chi connectivity index (χ1) is 8.43. The lowest BCUT2D eigenvalue weighted by atomic mass is 9.71. The molecule has 1 aliphatic rings. The first-order valence-corrected chi connectivity index (χ1v) is 7.26. The predicted molar refractivity (Wildman–Crippen MR) is 72.5 cm³/mol. The Morgan fingerprint density at radius 2 is 2.00 bits per heavy atom. The molecule has 3 nitrogen and oxygen atoms in total. The summed E-state index contributed by atoms with van der Waals surface area (Å²) in [6.07, 6.45) is 5.82. The smallest absolute Gasteiger partial charge is 0.434 e. The standard InChI is InChI=1S/C15H28O3/c1-5-6-7-8-17-14(16)18-13-9-12(2)10-15(3,4)11-13/h12-13H,5-11H2,1-4H3/t12-,13-/m0/s1. The van der Waals surface area contributed by atoms with Crippen molar-refractivity contribution in [2.75, 3.05) is 6.61 Å². The Bertz CT molecular complexity index is 260. The van der Waals surface area contributed by atoms with Crippen LogP contribution in [-0.2, 0) is 9.47 Å². The van der Waals surface area contributed by atoms with Gasteiger partial charge in [0.15, 0.2) is 0 Å². The minimum Gasteiger partial charge on any atom is -0.434 e. The van der Waals surface area contributed by atoms with Crippen molar-refractivity contribution in [2.24, 2.45) is 11.3 Å². The largest absolute Gasteiger partial charge is 0.508 e. The molecular weight excluding hydrogens is 228 g/mol. The van der Waals surface area contributed by atoms with Gasteiger partial charge in [-0.3, -0.25) is 0 Å². The van der Waals surface area contributed by atoms with Gasteiger partial charge in [0.05, 0.1) is 6.61 Å².